The molecule has 0 radical (unpaired) electrons. The molecule has 0 aromatic heterocycles. The quantitative estimate of drug-likeness (QED) is 0.862. The zero-order valence-electron chi connectivity index (χ0n) is 14.2. The number of likely N-dealkylation sites (N-methyl/N-ethyl adjacent to an activating group) is 1. The number of anilines is 1. The molecule has 24 heavy (non-hydrogen) atoms. The fraction of sp³-hybridized carbons (Fsp3) is 0.368. The number of rotatable bonds is 2. The van der Waals surface area contributed by atoms with Crippen LogP contribution in [0.1, 0.15) is 12.8 Å². The largest absolute Gasteiger partial charge is 0.334 e. The van der Waals surface area contributed by atoms with E-state index in [9.17, 15) is 9.59 Å². The highest BCUT2D eigenvalue weighted by Crippen LogP contribution is 2.23. The Morgan fingerprint density at radius 1 is 1.08 bits per heavy atom. The molecule has 1 N–H and O–H groups in total. The van der Waals surface area contributed by atoms with E-state index in [1.54, 1.807) is 11.9 Å². The van der Waals surface area contributed by atoms with Crippen molar-refractivity contribution in [2.24, 2.45) is 0 Å². The van der Waals surface area contributed by atoms with Crippen molar-refractivity contribution in [3.05, 3.63) is 42.5 Å². The number of fused-ring (bicyclic) bond motifs is 1. The monoisotopic (exact) mass is 325 g/mol. The first-order valence-corrected chi connectivity index (χ1v) is 8.30. The van der Waals surface area contributed by atoms with Crippen LogP contribution in [0.2, 0.25) is 0 Å². The van der Waals surface area contributed by atoms with Crippen LogP contribution < -0.4 is 5.32 Å². The smallest absolute Gasteiger partial charge is 0.313 e. The molecule has 5 heteroatoms. The maximum Gasteiger partial charge on any atom is 0.313 e. The molecule has 0 aliphatic carbocycles. The molecule has 0 unspecified atom stereocenters. The van der Waals surface area contributed by atoms with Crippen LogP contribution >= 0.6 is 0 Å². The Kier molecular flexibility index (Phi) is 4.81. The summed E-state index contributed by atoms with van der Waals surface area (Å²) in [5.74, 6) is -1.05. The molecule has 1 aliphatic rings. The Morgan fingerprint density at radius 3 is 2.50 bits per heavy atom. The van der Waals surface area contributed by atoms with E-state index in [1.807, 2.05) is 42.5 Å². The summed E-state index contributed by atoms with van der Waals surface area (Å²) in [7, 11) is 3.80. The van der Waals surface area contributed by atoms with E-state index in [-0.39, 0.29) is 6.04 Å². The summed E-state index contributed by atoms with van der Waals surface area (Å²) in [6.07, 6.45) is 1.81. The standard InChI is InChI=1S/C19H23N3O2/c1-21-12-10-15(11-13-21)22(2)19(24)18(23)20-17-9-5-7-14-6-3-4-8-16(14)17/h3-9,15H,10-13H2,1-2H3,(H,20,23). The van der Waals surface area contributed by atoms with Crippen LogP contribution in [0, 0.1) is 0 Å². The first-order valence-electron chi connectivity index (χ1n) is 8.30. The van der Waals surface area contributed by atoms with Crippen molar-refractivity contribution in [3.8, 4) is 0 Å². The van der Waals surface area contributed by atoms with Crippen LogP contribution in [0.4, 0.5) is 5.69 Å². The van der Waals surface area contributed by atoms with E-state index in [0.717, 1.165) is 36.7 Å². The van der Waals surface area contributed by atoms with Gasteiger partial charge in [0.15, 0.2) is 0 Å². The van der Waals surface area contributed by atoms with Crippen molar-refractivity contribution in [1.82, 2.24) is 9.80 Å². The molecule has 2 aromatic carbocycles. The van der Waals surface area contributed by atoms with Gasteiger partial charge in [-0.25, -0.2) is 0 Å². The lowest BCUT2D eigenvalue weighted by molar-refractivity contribution is -0.144. The fourth-order valence-electron chi connectivity index (χ4n) is 3.22. The summed E-state index contributed by atoms with van der Waals surface area (Å²) in [6.45, 7) is 1.90. The first-order chi connectivity index (χ1) is 11.6. The van der Waals surface area contributed by atoms with Crippen molar-refractivity contribution < 1.29 is 9.59 Å². The highest BCUT2D eigenvalue weighted by molar-refractivity contribution is 6.40. The molecule has 1 aliphatic heterocycles. The molecule has 0 atom stereocenters. The number of likely N-dealkylation sites (tertiary alicyclic amines) is 1. The predicted octanol–water partition coefficient (Wildman–Crippen LogP) is 2.33. The summed E-state index contributed by atoms with van der Waals surface area (Å²) in [5.41, 5.74) is 0.670. The van der Waals surface area contributed by atoms with E-state index >= 15 is 0 Å². The van der Waals surface area contributed by atoms with Gasteiger partial charge < -0.3 is 15.1 Å². The van der Waals surface area contributed by atoms with Crippen LogP contribution in [-0.4, -0.2) is 54.8 Å². The molecule has 1 fully saturated rings. The molecule has 0 saturated carbocycles. The van der Waals surface area contributed by atoms with E-state index in [0.29, 0.717) is 5.69 Å². The molecule has 0 spiro atoms. The second-order valence-corrected chi connectivity index (χ2v) is 6.43. The van der Waals surface area contributed by atoms with Gasteiger partial charge in [0.05, 0.1) is 0 Å². The van der Waals surface area contributed by atoms with Gasteiger partial charge in [0.2, 0.25) is 0 Å². The van der Waals surface area contributed by atoms with Gasteiger partial charge in [0.1, 0.15) is 0 Å². The Balaban J connectivity index is 1.70. The fourth-order valence-corrected chi connectivity index (χ4v) is 3.22. The summed E-state index contributed by atoms with van der Waals surface area (Å²) in [6, 6.07) is 13.6. The minimum atomic E-state index is -0.576. The third-order valence-electron chi connectivity index (χ3n) is 4.79. The number of piperidine rings is 1. The molecule has 2 aromatic rings. The Morgan fingerprint density at radius 2 is 1.75 bits per heavy atom. The number of carbonyl (C=O) groups is 2. The van der Waals surface area contributed by atoms with E-state index < -0.39 is 11.8 Å². The van der Waals surface area contributed by atoms with Gasteiger partial charge in [0.25, 0.3) is 0 Å². The van der Waals surface area contributed by atoms with Gasteiger partial charge in [0, 0.05) is 24.2 Å². The lowest BCUT2D eigenvalue weighted by Gasteiger charge is -2.34. The Hall–Kier alpha value is -2.40. The van der Waals surface area contributed by atoms with Gasteiger partial charge in [-0.1, -0.05) is 36.4 Å². The molecule has 5 nitrogen and oxygen atoms in total. The Bertz CT molecular complexity index is 746. The summed E-state index contributed by atoms with van der Waals surface area (Å²) in [5, 5.41) is 4.74. The Labute approximate surface area is 142 Å². The van der Waals surface area contributed by atoms with Crippen molar-refractivity contribution in [2.75, 3.05) is 32.5 Å². The lowest BCUT2D eigenvalue weighted by atomic mass is 10.0. The molecule has 126 valence electrons. The maximum atomic E-state index is 12.5. The molecule has 0 bridgehead atoms. The predicted molar refractivity (Wildman–Crippen MR) is 95.9 cm³/mol. The normalized spacial score (nSPS) is 16.1. The van der Waals surface area contributed by atoms with Crippen molar-refractivity contribution in [2.45, 2.75) is 18.9 Å². The van der Waals surface area contributed by atoms with Crippen molar-refractivity contribution >= 4 is 28.3 Å². The zero-order valence-corrected chi connectivity index (χ0v) is 14.2. The van der Waals surface area contributed by atoms with Crippen molar-refractivity contribution in [1.29, 1.82) is 0 Å². The number of nitrogens with zero attached hydrogens (tertiary/aromatic N) is 2. The number of amides is 2. The molecule has 1 heterocycles. The number of hydrogen-bond donors (Lipinski definition) is 1. The third-order valence-corrected chi connectivity index (χ3v) is 4.79. The minimum absolute atomic E-state index is 0.131. The molecule has 3 rings (SSSR count). The first kappa shape index (κ1) is 16.5. The lowest BCUT2D eigenvalue weighted by Crippen LogP contribution is -2.47. The van der Waals surface area contributed by atoms with Crippen LogP contribution in [0.25, 0.3) is 10.8 Å². The molecular formula is C19H23N3O2. The van der Waals surface area contributed by atoms with E-state index in [1.165, 1.54) is 0 Å². The van der Waals surface area contributed by atoms with Gasteiger partial charge >= 0.3 is 11.8 Å². The maximum absolute atomic E-state index is 12.5. The van der Waals surface area contributed by atoms with E-state index in [4.69, 9.17) is 0 Å². The number of nitrogens with one attached hydrogen (secondary N) is 1. The van der Waals surface area contributed by atoms with Gasteiger partial charge in [-0.15, -0.1) is 0 Å². The summed E-state index contributed by atoms with van der Waals surface area (Å²) < 4.78 is 0. The summed E-state index contributed by atoms with van der Waals surface area (Å²) in [4.78, 5) is 28.7. The third kappa shape index (κ3) is 3.41. The average Bonchev–Trinajstić information content (AvgIpc) is 2.61. The highest BCUT2D eigenvalue weighted by Gasteiger charge is 2.28. The average molecular weight is 325 g/mol. The van der Waals surface area contributed by atoms with Crippen molar-refractivity contribution in [3.63, 3.8) is 0 Å². The second kappa shape index (κ2) is 7.01. The number of benzene rings is 2. The zero-order chi connectivity index (χ0) is 17.1. The van der Waals surface area contributed by atoms with Crippen LogP contribution in [0.5, 0.6) is 0 Å². The van der Waals surface area contributed by atoms with Gasteiger partial charge in [-0.05, 0) is 44.4 Å². The summed E-state index contributed by atoms with van der Waals surface area (Å²) >= 11 is 0. The molecule has 1 saturated heterocycles. The molecular weight excluding hydrogens is 302 g/mol. The van der Waals surface area contributed by atoms with Crippen LogP contribution in [0.3, 0.4) is 0 Å². The topological polar surface area (TPSA) is 52.7 Å². The highest BCUT2D eigenvalue weighted by atomic mass is 16.2. The minimum Gasteiger partial charge on any atom is -0.334 e. The van der Waals surface area contributed by atoms with Crippen LogP contribution in [0.15, 0.2) is 42.5 Å². The van der Waals surface area contributed by atoms with Crippen LogP contribution in [-0.2, 0) is 9.59 Å². The SMILES string of the molecule is CN1CCC(N(C)C(=O)C(=O)Nc2cccc3ccccc23)CC1. The van der Waals surface area contributed by atoms with E-state index in [2.05, 4.69) is 17.3 Å². The number of carbonyl (C=O) groups excluding carboxylic acids is 2. The molecule has 2 amide bonds. The van der Waals surface area contributed by atoms with Gasteiger partial charge in [-0.3, -0.25) is 9.59 Å². The number of hydrogen-bond acceptors (Lipinski definition) is 3. The second-order valence-electron chi connectivity index (χ2n) is 6.43. The van der Waals surface area contributed by atoms with Gasteiger partial charge in [-0.2, -0.15) is 0 Å².